The van der Waals surface area contributed by atoms with Crippen molar-refractivity contribution >= 4 is 11.3 Å². The van der Waals surface area contributed by atoms with Gasteiger partial charge in [-0.2, -0.15) is 0 Å². The highest BCUT2D eigenvalue weighted by Crippen LogP contribution is 2.39. The van der Waals surface area contributed by atoms with E-state index < -0.39 is 0 Å². The Kier molecular flexibility index (Phi) is 4.64. The van der Waals surface area contributed by atoms with Gasteiger partial charge < -0.3 is 5.73 Å². The topological polar surface area (TPSA) is 42.2 Å². The number of rotatable bonds is 4. The van der Waals surface area contributed by atoms with Gasteiger partial charge in [-0.1, -0.05) is 13.8 Å². The molecule has 1 aliphatic carbocycles. The van der Waals surface area contributed by atoms with Gasteiger partial charge in [0, 0.05) is 23.5 Å². The maximum absolute atomic E-state index is 6.16. The third-order valence-electron chi connectivity index (χ3n) is 5.15. The quantitative estimate of drug-likeness (QED) is 0.922. The summed E-state index contributed by atoms with van der Waals surface area (Å²) in [4.78, 5) is 8.21. The van der Waals surface area contributed by atoms with E-state index in [1.165, 1.54) is 29.8 Å². The summed E-state index contributed by atoms with van der Waals surface area (Å²) in [5, 5.41) is 0. The Hall–Kier alpha value is -0.450. The standard InChI is InChI=1S/C15H27N3S/c1-11-5-6-15(9-16,7-12(11)2)18(4)8-14-13(3)17-10-19-14/h10-12H,5-9,16H2,1-4H3. The number of nitrogens with two attached hydrogens (primary N) is 1. The zero-order valence-electron chi connectivity index (χ0n) is 12.6. The molecule has 1 aliphatic rings. The number of aryl methyl sites for hydroxylation is 1. The summed E-state index contributed by atoms with van der Waals surface area (Å²) in [5.41, 5.74) is 9.45. The summed E-state index contributed by atoms with van der Waals surface area (Å²) in [7, 11) is 2.23. The van der Waals surface area contributed by atoms with E-state index >= 15 is 0 Å². The first kappa shape index (κ1) is 14.9. The van der Waals surface area contributed by atoms with Gasteiger partial charge in [0.25, 0.3) is 0 Å². The molecule has 3 atom stereocenters. The molecule has 1 aromatic rings. The monoisotopic (exact) mass is 281 g/mol. The minimum Gasteiger partial charge on any atom is -0.329 e. The van der Waals surface area contributed by atoms with Crippen LogP contribution in [-0.2, 0) is 6.54 Å². The van der Waals surface area contributed by atoms with Crippen LogP contribution in [0, 0.1) is 18.8 Å². The van der Waals surface area contributed by atoms with Crippen LogP contribution in [0.2, 0.25) is 0 Å². The van der Waals surface area contributed by atoms with E-state index in [0.717, 1.165) is 24.9 Å². The predicted octanol–water partition coefficient (Wildman–Crippen LogP) is 3.04. The van der Waals surface area contributed by atoms with Crippen LogP contribution in [0.5, 0.6) is 0 Å². The van der Waals surface area contributed by atoms with Crippen LogP contribution in [0.3, 0.4) is 0 Å². The number of aromatic nitrogens is 1. The summed E-state index contributed by atoms with van der Waals surface area (Å²) in [6.45, 7) is 8.59. The normalized spacial score (nSPS) is 31.9. The fourth-order valence-electron chi connectivity index (χ4n) is 3.23. The predicted molar refractivity (Wildman–Crippen MR) is 82.3 cm³/mol. The molecule has 1 aromatic heterocycles. The first-order valence-corrected chi connectivity index (χ1v) is 8.17. The van der Waals surface area contributed by atoms with Gasteiger partial charge in [-0.25, -0.2) is 4.98 Å². The number of thiazole rings is 1. The second-order valence-corrected chi connectivity index (χ2v) is 7.28. The van der Waals surface area contributed by atoms with Gasteiger partial charge in [0.2, 0.25) is 0 Å². The lowest BCUT2D eigenvalue weighted by atomic mass is 9.70. The molecule has 0 saturated heterocycles. The number of nitrogens with zero attached hydrogens (tertiary/aromatic N) is 2. The average molecular weight is 281 g/mol. The van der Waals surface area contributed by atoms with E-state index in [-0.39, 0.29) is 5.54 Å². The Morgan fingerprint density at radius 3 is 2.74 bits per heavy atom. The maximum Gasteiger partial charge on any atom is 0.0798 e. The molecule has 2 rings (SSSR count). The van der Waals surface area contributed by atoms with Crippen LogP contribution in [0.15, 0.2) is 5.51 Å². The van der Waals surface area contributed by atoms with Crippen molar-refractivity contribution < 1.29 is 0 Å². The lowest BCUT2D eigenvalue weighted by Gasteiger charge is -2.48. The molecule has 0 spiro atoms. The molecule has 1 saturated carbocycles. The van der Waals surface area contributed by atoms with Crippen molar-refractivity contribution in [2.75, 3.05) is 13.6 Å². The molecule has 3 unspecified atom stereocenters. The maximum atomic E-state index is 6.16. The molecule has 0 aromatic carbocycles. The highest BCUT2D eigenvalue weighted by atomic mass is 32.1. The minimum atomic E-state index is 0.183. The van der Waals surface area contributed by atoms with E-state index in [0.29, 0.717) is 0 Å². The highest BCUT2D eigenvalue weighted by molar-refractivity contribution is 7.09. The fraction of sp³-hybridized carbons (Fsp3) is 0.800. The Morgan fingerprint density at radius 1 is 1.47 bits per heavy atom. The molecular weight excluding hydrogens is 254 g/mol. The van der Waals surface area contributed by atoms with E-state index in [2.05, 4.69) is 37.7 Å². The van der Waals surface area contributed by atoms with Gasteiger partial charge in [0.15, 0.2) is 0 Å². The number of hydrogen-bond donors (Lipinski definition) is 1. The smallest absolute Gasteiger partial charge is 0.0798 e. The molecule has 0 bridgehead atoms. The Morgan fingerprint density at radius 2 is 2.21 bits per heavy atom. The minimum absolute atomic E-state index is 0.183. The van der Waals surface area contributed by atoms with E-state index in [9.17, 15) is 0 Å². The first-order chi connectivity index (χ1) is 8.98. The van der Waals surface area contributed by atoms with Crippen molar-refractivity contribution in [3.05, 3.63) is 16.1 Å². The zero-order chi connectivity index (χ0) is 14.0. The van der Waals surface area contributed by atoms with Gasteiger partial charge >= 0.3 is 0 Å². The molecular formula is C15H27N3S. The number of likely N-dealkylation sites (N-methyl/N-ethyl adjacent to an activating group) is 1. The third-order valence-corrected chi connectivity index (χ3v) is 6.07. The van der Waals surface area contributed by atoms with E-state index in [1.54, 1.807) is 11.3 Å². The summed E-state index contributed by atoms with van der Waals surface area (Å²) < 4.78 is 0. The molecule has 108 valence electrons. The van der Waals surface area contributed by atoms with Crippen LogP contribution in [0.1, 0.15) is 43.7 Å². The van der Waals surface area contributed by atoms with Crippen LogP contribution >= 0.6 is 11.3 Å². The summed E-state index contributed by atoms with van der Waals surface area (Å²) in [6.07, 6.45) is 3.74. The van der Waals surface area contributed by atoms with Crippen LogP contribution in [0.4, 0.5) is 0 Å². The van der Waals surface area contributed by atoms with Gasteiger partial charge in [0.1, 0.15) is 0 Å². The number of hydrogen-bond acceptors (Lipinski definition) is 4. The molecule has 2 N–H and O–H groups in total. The van der Waals surface area contributed by atoms with Crippen molar-refractivity contribution in [1.82, 2.24) is 9.88 Å². The van der Waals surface area contributed by atoms with E-state index in [1.807, 2.05) is 5.51 Å². The summed E-state index contributed by atoms with van der Waals surface area (Å²) in [6, 6.07) is 0. The van der Waals surface area contributed by atoms with Crippen LogP contribution in [0.25, 0.3) is 0 Å². The van der Waals surface area contributed by atoms with Crippen LogP contribution in [-0.4, -0.2) is 29.0 Å². The Bertz CT molecular complexity index is 417. The van der Waals surface area contributed by atoms with Gasteiger partial charge in [-0.05, 0) is 45.1 Å². The molecule has 0 aliphatic heterocycles. The lowest BCUT2D eigenvalue weighted by Crippen LogP contribution is -2.55. The average Bonchev–Trinajstić information content (AvgIpc) is 2.78. The molecule has 19 heavy (non-hydrogen) atoms. The fourth-order valence-corrected chi connectivity index (χ4v) is 4.06. The third kappa shape index (κ3) is 3.01. The van der Waals surface area contributed by atoms with E-state index in [4.69, 9.17) is 5.73 Å². The Labute approximate surface area is 121 Å². The second-order valence-electron chi connectivity index (χ2n) is 6.34. The molecule has 0 amide bonds. The van der Waals surface area contributed by atoms with Crippen LogP contribution < -0.4 is 5.73 Å². The molecule has 3 nitrogen and oxygen atoms in total. The molecule has 1 fully saturated rings. The molecule has 1 heterocycles. The van der Waals surface area contributed by atoms with Crippen molar-refractivity contribution in [1.29, 1.82) is 0 Å². The van der Waals surface area contributed by atoms with Crippen molar-refractivity contribution in [3.8, 4) is 0 Å². The SMILES string of the molecule is Cc1ncsc1CN(C)C1(CN)CCC(C)C(C)C1. The van der Waals surface area contributed by atoms with Gasteiger partial charge in [-0.15, -0.1) is 11.3 Å². The second kappa shape index (κ2) is 5.90. The van der Waals surface area contributed by atoms with Gasteiger partial charge in [-0.3, -0.25) is 4.90 Å². The summed E-state index contributed by atoms with van der Waals surface area (Å²) in [5.74, 6) is 1.60. The lowest BCUT2D eigenvalue weighted by molar-refractivity contribution is 0.0355. The molecule has 4 heteroatoms. The first-order valence-electron chi connectivity index (χ1n) is 7.29. The van der Waals surface area contributed by atoms with Crippen molar-refractivity contribution in [2.24, 2.45) is 17.6 Å². The summed E-state index contributed by atoms with van der Waals surface area (Å²) >= 11 is 1.76. The zero-order valence-corrected chi connectivity index (χ0v) is 13.5. The van der Waals surface area contributed by atoms with Crippen molar-refractivity contribution in [3.63, 3.8) is 0 Å². The van der Waals surface area contributed by atoms with Crippen molar-refractivity contribution in [2.45, 2.75) is 52.1 Å². The Balaban J connectivity index is 2.10. The van der Waals surface area contributed by atoms with Gasteiger partial charge in [0.05, 0.1) is 11.2 Å². The molecule has 0 radical (unpaired) electrons. The highest BCUT2D eigenvalue weighted by Gasteiger charge is 2.39. The largest absolute Gasteiger partial charge is 0.329 e.